The third-order valence-electron chi connectivity index (χ3n) is 2.35. The van der Waals surface area contributed by atoms with Crippen molar-refractivity contribution in [3.63, 3.8) is 0 Å². The topological polar surface area (TPSA) is 67.8 Å². The Hall–Kier alpha value is -1.97. The number of aromatic nitrogens is 2. The molecule has 3 N–H and O–H groups in total. The third-order valence-corrected chi connectivity index (χ3v) is 2.35. The lowest BCUT2D eigenvalue weighted by Crippen LogP contribution is -1.88. The molecular weight excluding hydrogens is 178 g/mol. The number of rotatable bonds is 0. The van der Waals surface area contributed by atoms with Gasteiger partial charge in [-0.2, -0.15) is 0 Å². The monoisotopic (exact) mass is 187 g/mol. The van der Waals surface area contributed by atoms with E-state index in [1.165, 1.54) is 0 Å². The maximum absolute atomic E-state index is 5.96. The van der Waals surface area contributed by atoms with E-state index in [9.17, 15) is 0 Å². The normalized spacial score (nSPS) is 11.5. The number of fused-ring (bicyclic) bond motifs is 2. The van der Waals surface area contributed by atoms with Gasteiger partial charge in [-0.05, 0) is 12.1 Å². The zero-order valence-electron chi connectivity index (χ0n) is 7.66. The highest BCUT2D eigenvalue weighted by Crippen LogP contribution is 2.29. The summed E-state index contributed by atoms with van der Waals surface area (Å²) in [6, 6.07) is 3.90. The fourth-order valence-corrected chi connectivity index (χ4v) is 1.73. The quantitative estimate of drug-likeness (QED) is 0.530. The van der Waals surface area contributed by atoms with Crippen LogP contribution in [0, 0.1) is 6.92 Å². The first-order chi connectivity index (χ1) is 6.75. The molecule has 0 amide bonds. The fourth-order valence-electron chi connectivity index (χ4n) is 1.73. The lowest BCUT2D eigenvalue weighted by Gasteiger charge is -1.95. The number of anilines is 1. The summed E-state index contributed by atoms with van der Waals surface area (Å²) in [5, 5.41) is 1.05. The number of nitrogens with two attached hydrogens (primary N) is 1. The van der Waals surface area contributed by atoms with E-state index in [0.717, 1.165) is 22.0 Å². The van der Waals surface area contributed by atoms with Crippen LogP contribution in [-0.4, -0.2) is 9.97 Å². The lowest BCUT2D eigenvalue weighted by molar-refractivity contribution is 0.561. The van der Waals surface area contributed by atoms with E-state index in [0.29, 0.717) is 11.6 Å². The van der Waals surface area contributed by atoms with Crippen molar-refractivity contribution in [3.8, 4) is 0 Å². The number of benzene rings is 1. The minimum Gasteiger partial charge on any atom is -0.441 e. The van der Waals surface area contributed by atoms with E-state index < -0.39 is 0 Å². The number of nitrogens with one attached hydrogen (secondary N) is 1. The Morgan fingerprint density at radius 2 is 2.36 bits per heavy atom. The van der Waals surface area contributed by atoms with Crippen LogP contribution in [-0.2, 0) is 0 Å². The largest absolute Gasteiger partial charge is 0.441 e. The van der Waals surface area contributed by atoms with E-state index in [1.54, 1.807) is 0 Å². The molecule has 0 fully saturated rings. The molecule has 2 heterocycles. The summed E-state index contributed by atoms with van der Waals surface area (Å²) < 4.78 is 5.42. The van der Waals surface area contributed by atoms with Gasteiger partial charge in [-0.3, -0.25) is 0 Å². The van der Waals surface area contributed by atoms with Gasteiger partial charge >= 0.3 is 0 Å². The standard InChI is InChI=1S/C10H9N3O/c1-5-13-10-7(14-5)4-6-2-3-12-9(6)8(10)11/h2-4,12H,11H2,1H3. The lowest BCUT2D eigenvalue weighted by atomic mass is 10.2. The van der Waals surface area contributed by atoms with E-state index >= 15 is 0 Å². The Kier molecular flexibility index (Phi) is 1.21. The Labute approximate surface area is 79.7 Å². The Balaban J connectivity index is 2.61. The number of oxazole rings is 1. The number of H-pyrrole nitrogens is 1. The van der Waals surface area contributed by atoms with Crippen molar-refractivity contribution >= 4 is 27.7 Å². The van der Waals surface area contributed by atoms with Gasteiger partial charge < -0.3 is 15.1 Å². The molecule has 4 nitrogen and oxygen atoms in total. The zero-order valence-corrected chi connectivity index (χ0v) is 7.66. The van der Waals surface area contributed by atoms with Gasteiger partial charge in [0.15, 0.2) is 11.5 Å². The van der Waals surface area contributed by atoms with Crippen LogP contribution in [0.3, 0.4) is 0 Å². The summed E-state index contributed by atoms with van der Waals surface area (Å²) in [6.07, 6.45) is 1.85. The number of aromatic amines is 1. The molecule has 0 atom stereocenters. The maximum atomic E-state index is 5.96. The first kappa shape index (κ1) is 7.44. The molecule has 1 aromatic carbocycles. The van der Waals surface area contributed by atoms with Gasteiger partial charge in [0.1, 0.15) is 5.52 Å². The Morgan fingerprint density at radius 3 is 3.21 bits per heavy atom. The van der Waals surface area contributed by atoms with Crippen molar-refractivity contribution in [2.75, 3.05) is 5.73 Å². The van der Waals surface area contributed by atoms with Gasteiger partial charge in [-0.15, -0.1) is 0 Å². The van der Waals surface area contributed by atoms with Crippen molar-refractivity contribution < 1.29 is 4.42 Å². The molecule has 3 rings (SSSR count). The second-order valence-electron chi connectivity index (χ2n) is 3.31. The zero-order chi connectivity index (χ0) is 9.71. The molecule has 4 heteroatoms. The SMILES string of the molecule is Cc1nc2c(N)c3[nH]ccc3cc2o1. The number of hydrogen-bond acceptors (Lipinski definition) is 3. The van der Waals surface area contributed by atoms with Gasteiger partial charge in [-0.25, -0.2) is 4.98 Å². The van der Waals surface area contributed by atoms with Crippen LogP contribution >= 0.6 is 0 Å². The summed E-state index contributed by atoms with van der Waals surface area (Å²) in [5.74, 6) is 0.638. The molecule has 0 saturated carbocycles. The second kappa shape index (κ2) is 2.29. The number of nitrogen functional groups attached to an aromatic ring is 1. The van der Waals surface area contributed by atoms with Crippen molar-refractivity contribution in [3.05, 3.63) is 24.2 Å². The van der Waals surface area contributed by atoms with Crippen molar-refractivity contribution in [1.82, 2.24) is 9.97 Å². The highest BCUT2D eigenvalue weighted by Gasteiger charge is 2.10. The van der Waals surface area contributed by atoms with Crippen LogP contribution in [0.15, 0.2) is 22.7 Å². The highest BCUT2D eigenvalue weighted by molar-refractivity contribution is 6.05. The number of aryl methyl sites for hydroxylation is 1. The predicted molar refractivity (Wildman–Crippen MR) is 55.0 cm³/mol. The molecule has 0 spiro atoms. The molecule has 0 aliphatic carbocycles. The summed E-state index contributed by atoms with van der Waals surface area (Å²) >= 11 is 0. The minimum atomic E-state index is 0.638. The molecule has 3 aromatic rings. The van der Waals surface area contributed by atoms with Crippen LogP contribution in [0.1, 0.15) is 5.89 Å². The highest BCUT2D eigenvalue weighted by atomic mass is 16.3. The van der Waals surface area contributed by atoms with Crippen molar-refractivity contribution in [2.45, 2.75) is 6.92 Å². The van der Waals surface area contributed by atoms with Crippen LogP contribution in [0.5, 0.6) is 0 Å². The second-order valence-corrected chi connectivity index (χ2v) is 3.31. The molecule has 70 valence electrons. The maximum Gasteiger partial charge on any atom is 0.192 e. The van der Waals surface area contributed by atoms with Crippen LogP contribution in [0.2, 0.25) is 0 Å². The molecule has 0 aliphatic heterocycles. The van der Waals surface area contributed by atoms with Crippen LogP contribution in [0.4, 0.5) is 5.69 Å². The summed E-state index contributed by atoms with van der Waals surface area (Å²) in [7, 11) is 0. The van der Waals surface area contributed by atoms with E-state index in [-0.39, 0.29) is 0 Å². The molecule has 0 radical (unpaired) electrons. The molecule has 0 unspecified atom stereocenters. The van der Waals surface area contributed by atoms with E-state index in [2.05, 4.69) is 9.97 Å². The summed E-state index contributed by atoms with van der Waals surface area (Å²) in [6.45, 7) is 1.81. The van der Waals surface area contributed by atoms with E-state index in [4.69, 9.17) is 10.2 Å². The first-order valence-corrected chi connectivity index (χ1v) is 4.38. The smallest absolute Gasteiger partial charge is 0.192 e. The first-order valence-electron chi connectivity index (χ1n) is 4.38. The van der Waals surface area contributed by atoms with Crippen molar-refractivity contribution in [1.29, 1.82) is 0 Å². The number of hydrogen-bond donors (Lipinski definition) is 2. The predicted octanol–water partition coefficient (Wildman–Crippen LogP) is 2.20. The van der Waals surface area contributed by atoms with Crippen LogP contribution < -0.4 is 5.73 Å². The molecule has 0 saturated heterocycles. The molecule has 0 bridgehead atoms. The van der Waals surface area contributed by atoms with Gasteiger partial charge in [0, 0.05) is 18.5 Å². The van der Waals surface area contributed by atoms with Gasteiger partial charge in [-0.1, -0.05) is 0 Å². The van der Waals surface area contributed by atoms with Gasteiger partial charge in [0.05, 0.1) is 11.2 Å². The molecule has 2 aromatic heterocycles. The van der Waals surface area contributed by atoms with E-state index in [1.807, 2.05) is 25.3 Å². The molecular formula is C10H9N3O. The molecule has 0 aliphatic rings. The van der Waals surface area contributed by atoms with Crippen LogP contribution in [0.25, 0.3) is 22.0 Å². The average Bonchev–Trinajstić information content (AvgIpc) is 2.71. The average molecular weight is 187 g/mol. The minimum absolute atomic E-state index is 0.638. The molecule has 14 heavy (non-hydrogen) atoms. The Morgan fingerprint density at radius 1 is 1.50 bits per heavy atom. The third kappa shape index (κ3) is 0.797. The van der Waals surface area contributed by atoms with Gasteiger partial charge in [0.25, 0.3) is 0 Å². The fraction of sp³-hybridized carbons (Fsp3) is 0.100. The summed E-state index contributed by atoms with van der Waals surface area (Å²) in [4.78, 5) is 7.31. The summed E-state index contributed by atoms with van der Waals surface area (Å²) in [5.41, 5.74) is 9.01. The Bertz CT molecular complexity index is 621. The van der Waals surface area contributed by atoms with Gasteiger partial charge in [0.2, 0.25) is 0 Å². The van der Waals surface area contributed by atoms with Crippen molar-refractivity contribution in [2.24, 2.45) is 0 Å². The number of nitrogens with zero attached hydrogens (tertiary/aromatic N) is 1.